The standard InChI is InChI=1S/C18H20N2O3/c1-19-9-13-15(22)16(10-19)7-8-20(2)18(16)14(21)11-5-3-4-6-12(11)17(13,18)23/h3-6,13,23H,7-10H2,1-2H3/t13-,16-,17-,18+/m1/s1. The van der Waals surface area contributed by atoms with Gasteiger partial charge in [-0.3, -0.25) is 14.5 Å². The summed E-state index contributed by atoms with van der Waals surface area (Å²) in [7, 11) is 3.87. The molecule has 2 aliphatic heterocycles. The number of nitrogens with zero attached hydrogens (tertiary/aromatic N) is 2. The first kappa shape index (κ1) is 13.8. The van der Waals surface area contributed by atoms with Gasteiger partial charge in [0.05, 0.1) is 11.3 Å². The fourth-order valence-corrected chi connectivity index (χ4v) is 6.28. The van der Waals surface area contributed by atoms with Crippen LogP contribution in [0.3, 0.4) is 0 Å². The Morgan fingerprint density at radius 2 is 1.96 bits per heavy atom. The van der Waals surface area contributed by atoms with Gasteiger partial charge in [-0.2, -0.15) is 0 Å². The summed E-state index contributed by atoms with van der Waals surface area (Å²) in [6.07, 6.45) is 0.644. The van der Waals surface area contributed by atoms with E-state index in [2.05, 4.69) is 4.90 Å². The molecule has 5 rings (SSSR count). The van der Waals surface area contributed by atoms with Gasteiger partial charge >= 0.3 is 0 Å². The fraction of sp³-hybridized carbons (Fsp3) is 0.556. The highest BCUT2D eigenvalue weighted by molar-refractivity contribution is 6.17. The lowest BCUT2D eigenvalue weighted by atomic mass is 9.67. The zero-order valence-electron chi connectivity index (χ0n) is 13.4. The number of ketones is 2. The van der Waals surface area contributed by atoms with Gasteiger partial charge in [-0.15, -0.1) is 0 Å². The Labute approximate surface area is 134 Å². The maximum atomic E-state index is 13.5. The van der Waals surface area contributed by atoms with Crippen molar-refractivity contribution in [2.45, 2.75) is 17.6 Å². The van der Waals surface area contributed by atoms with Crippen LogP contribution in [0.25, 0.3) is 0 Å². The minimum Gasteiger partial charge on any atom is -0.382 e. The lowest BCUT2D eigenvalue weighted by Crippen LogP contribution is -2.64. The van der Waals surface area contributed by atoms with Crippen LogP contribution in [-0.4, -0.2) is 65.7 Å². The molecule has 1 saturated carbocycles. The second kappa shape index (κ2) is 3.74. The van der Waals surface area contributed by atoms with Crippen molar-refractivity contribution in [3.8, 4) is 0 Å². The third kappa shape index (κ3) is 1.07. The van der Waals surface area contributed by atoms with Gasteiger partial charge < -0.3 is 10.0 Å². The molecule has 2 aliphatic carbocycles. The quantitative estimate of drug-likeness (QED) is 0.745. The Kier molecular flexibility index (Phi) is 2.25. The van der Waals surface area contributed by atoms with Crippen LogP contribution in [0.5, 0.6) is 0 Å². The number of fused-ring (bicyclic) bond motifs is 4. The largest absolute Gasteiger partial charge is 0.382 e. The molecule has 1 aromatic carbocycles. The molecule has 23 heavy (non-hydrogen) atoms. The topological polar surface area (TPSA) is 60.9 Å². The van der Waals surface area contributed by atoms with Crippen LogP contribution in [0.15, 0.2) is 24.3 Å². The number of likely N-dealkylation sites (tertiary alicyclic amines) is 2. The molecule has 5 nitrogen and oxygen atoms in total. The molecule has 1 aromatic rings. The number of piperidine rings is 1. The van der Waals surface area contributed by atoms with Crippen molar-refractivity contribution in [3.63, 3.8) is 0 Å². The van der Waals surface area contributed by atoms with Gasteiger partial charge in [0.2, 0.25) is 0 Å². The van der Waals surface area contributed by atoms with E-state index in [0.717, 1.165) is 0 Å². The van der Waals surface area contributed by atoms with E-state index in [9.17, 15) is 14.7 Å². The summed E-state index contributed by atoms with van der Waals surface area (Å²) in [6.45, 7) is 1.72. The normalized spacial score (nSPS) is 45.3. The van der Waals surface area contributed by atoms with Crippen molar-refractivity contribution in [2.75, 3.05) is 33.7 Å². The molecule has 2 spiro atoms. The van der Waals surface area contributed by atoms with Gasteiger partial charge in [-0.25, -0.2) is 0 Å². The number of likely N-dealkylation sites (N-methyl/N-ethyl adjacent to an activating group) is 1. The summed E-state index contributed by atoms with van der Waals surface area (Å²) >= 11 is 0. The van der Waals surface area contributed by atoms with E-state index in [4.69, 9.17) is 0 Å². The predicted octanol–water partition coefficient (Wildman–Crippen LogP) is 0.275. The molecule has 3 fully saturated rings. The molecule has 0 unspecified atom stereocenters. The lowest BCUT2D eigenvalue weighted by Gasteiger charge is -2.45. The van der Waals surface area contributed by atoms with Crippen molar-refractivity contribution in [2.24, 2.45) is 11.3 Å². The summed E-state index contributed by atoms with van der Waals surface area (Å²) in [5.41, 5.74) is -2.08. The maximum absolute atomic E-state index is 13.5. The summed E-state index contributed by atoms with van der Waals surface area (Å²) in [5.74, 6) is -0.511. The number of Topliss-reactive ketones (excluding diaryl/α,β-unsaturated/α-hetero) is 2. The zero-order chi connectivity index (χ0) is 16.2. The van der Waals surface area contributed by atoms with Crippen LogP contribution in [0.4, 0.5) is 0 Å². The Morgan fingerprint density at radius 3 is 2.74 bits per heavy atom. The summed E-state index contributed by atoms with van der Waals surface area (Å²) in [5, 5.41) is 11.9. The van der Waals surface area contributed by atoms with E-state index in [-0.39, 0.29) is 11.6 Å². The molecule has 1 N–H and O–H groups in total. The molecule has 2 saturated heterocycles. The Bertz CT molecular complexity index is 777. The van der Waals surface area contributed by atoms with E-state index in [1.54, 1.807) is 6.07 Å². The van der Waals surface area contributed by atoms with E-state index in [0.29, 0.717) is 37.2 Å². The molecule has 4 atom stereocenters. The van der Waals surface area contributed by atoms with E-state index >= 15 is 0 Å². The van der Waals surface area contributed by atoms with Gasteiger partial charge in [0, 0.05) is 25.2 Å². The first-order chi connectivity index (χ1) is 10.9. The highest BCUT2D eigenvalue weighted by Gasteiger charge is 2.86. The van der Waals surface area contributed by atoms with Crippen LogP contribution >= 0.6 is 0 Å². The van der Waals surface area contributed by atoms with Gasteiger partial charge in [-0.05, 0) is 26.1 Å². The third-order valence-electron chi connectivity index (χ3n) is 6.93. The molecule has 5 heteroatoms. The minimum atomic E-state index is -1.41. The smallest absolute Gasteiger partial charge is 0.187 e. The number of carbonyl (C=O) groups excluding carboxylic acids is 2. The number of aliphatic hydroxyl groups is 1. The van der Waals surface area contributed by atoms with Crippen molar-refractivity contribution >= 4 is 11.6 Å². The number of rotatable bonds is 0. The van der Waals surface area contributed by atoms with Crippen molar-refractivity contribution in [1.29, 1.82) is 0 Å². The highest BCUT2D eigenvalue weighted by atomic mass is 16.3. The van der Waals surface area contributed by atoms with Crippen molar-refractivity contribution < 1.29 is 14.7 Å². The summed E-state index contributed by atoms with van der Waals surface area (Å²) in [6, 6.07) is 7.31. The maximum Gasteiger partial charge on any atom is 0.187 e. The average Bonchev–Trinajstić information content (AvgIpc) is 2.96. The van der Waals surface area contributed by atoms with Crippen LogP contribution in [-0.2, 0) is 10.4 Å². The van der Waals surface area contributed by atoms with Gasteiger partial charge in [0.25, 0.3) is 0 Å². The van der Waals surface area contributed by atoms with Gasteiger partial charge in [0.1, 0.15) is 11.1 Å². The van der Waals surface area contributed by atoms with Crippen LogP contribution < -0.4 is 0 Å². The number of benzene rings is 1. The monoisotopic (exact) mass is 312 g/mol. The Morgan fingerprint density at radius 1 is 1.22 bits per heavy atom. The summed E-state index contributed by atoms with van der Waals surface area (Å²) < 4.78 is 0. The molecule has 2 heterocycles. The van der Waals surface area contributed by atoms with Gasteiger partial charge in [0.15, 0.2) is 11.6 Å². The first-order valence-corrected chi connectivity index (χ1v) is 8.22. The Hall–Kier alpha value is -1.56. The second-order valence-electron chi connectivity index (χ2n) is 7.72. The molecule has 4 aliphatic rings. The Balaban J connectivity index is 1.93. The molecule has 0 radical (unpaired) electrons. The average molecular weight is 312 g/mol. The van der Waals surface area contributed by atoms with Crippen LogP contribution in [0.1, 0.15) is 22.3 Å². The van der Waals surface area contributed by atoms with Crippen molar-refractivity contribution in [3.05, 3.63) is 35.4 Å². The lowest BCUT2D eigenvalue weighted by molar-refractivity contribution is -0.136. The van der Waals surface area contributed by atoms with Crippen LogP contribution in [0, 0.1) is 11.3 Å². The fourth-order valence-electron chi connectivity index (χ4n) is 6.28. The highest BCUT2D eigenvalue weighted by Crippen LogP contribution is 2.70. The third-order valence-corrected chi connectivity index (χ3v) is 6.93. The number of hydrogen-bond acceptors (Lipinski definition) is 5. The molecule has 0 aromatic heterocycles. The second-order valence-corrected chi connectivity index (χ2v) is 7.72. The summed E-state index contributed by atoms with van der Waals surface area (Å²) in [4.78, 5) is 30.9. The predicted molar refractivity (Wildman–Crippen MR) is 83.1 cm³/mol. The van der Waals surface area contributed by atoms with Crippen molar-refractivity contribution in [1.82, 2.24) is 9.80 Å². The van der Waals surface area contributed by atoms with E-state index < -0.39 is 22.5 Å². The molecule has 120 valence electrons. The minimum absolute atomic E-state index is 0.0678. The number of carbonyl (C=O) groups is 2. The van der Waals surface area contributed by atoms with Crippen LogP contribution in [0.2, 0.25) is 0 Å². The number of hydrogen-bond donors (Lipinski definition) is 1. The van der Waals surface area contributed by atoms with Gasteiger partial charge in [-0.1, -0.05) is 24.3 Å². The zero-order valence-corrected chi connectivity index (χ0v) is 13.4. The molecular weight excluding hydrogens is 292 g/mol. The molecule has 2 bridgehead atoms. The van der Waals surface area contributed by atoms with E-state index in [1.165, 1.54) is 0 Å². The van der Waals surface area contributed by atoms with E-state index in [1.807, 2.05) is 37.2 Å². The first-order valence-electron chi connectivity index (χ1n) is 8.22. The SMILES string of the molecule is CN1C[C@@H]2C(=O)[C@@]3(CCN(C)[C@@]34C(=O)c3ccccc3[C@@]24O)C1. The molecular formula is C18H20N2O3. The molecule has 0 amide bonds.